The van der Waals surface area contributed by atoms with Crippen LogP contribution < -0.4 is 5.73 Å². The summed E-state index contributed by atoms with van der Waals surface area (Å²) in [7, 11) is 0. The summed E-state index contributed by atoms with van der Waals surface area (Å²) >= 11 is 6.09. The van der Waals surface area contributed by atoms with E-state index in [-0.39, 0.29) is 6.04 Å². The molecule has 0 bridgehead atoms. The minimum Gasteiger partial charge on any atom is -0.324 e. The summed E-state index contributed by atoms with van der Waals surface area (Å²) in [6, 6.07) is 3.99. The maximum absolute atomic E-state index is 6.09. The van der Waals surface area contributed by atoms with Crippen molar-refractivity contribution in [1.29, 1.82) is 0 Å². The van der Waals surface area contributed by atoms with Crippen LogP contribution in [0.3, 0.4) is 0 Å². The van der Waals surface area contributed by atoms with Gasteiger partial charge in [-0.2, -0.15) is 0 Å². The van der Waals surface area contributed by atoms with E-state index in [0.717, 1.165) is 16.9 Å². The van der Waals surface area contributed by atoms with E-state index in [1.807, 2.05) is 29.7 Å². The van der Waals surface area contributed by atoms with Crippen molar-refractivity contribution in [3.8, 4) is 0 Å². The molecular weight excluding hydrogens is 222 g/mol. The Labute approximate surface area is 100 Å². The van der Waals surface area contributed by atoms with Gasteiger partial charge < -0.3 is 10.1 Å². The van der Waals surface area contributed by atoms with Crippen molar-refractivity contribution in [2.45, 2.75) is 32.7 Å². The number of nitrogens with two attached hydrogens (primary N) is 1. The number of fused-ring (bicyclic) bond motifs is 1. The van der Waals surface area contributed by atoms with Gasteiger partial charge >= 0.3 is 0 Å². The molecule has 86 valence electrons. The molecule has 0 fully saturated rings. The van der Waals surface area contributed by atoms with Crippen LogP contribution in [0.15, 0.2) is 18.3 Å². The van der Waals surface area contributed by atoms with Crippen LogP contribution in [0.4, 0.5) is 0 Å². The number of nitrogens with zero attached hydrogens (tertiary/aromatic N) is 2. The van der Waals surface area contributed by atoms with Crippen molar-refractivity contribution in [3.05, 3.63) is 34.9 Å². The largest absolute Gasteiger partial charge is 0.324 e. The second-order valence-corrected chi connectivity index (χ2v) is 4.78. The highest BCUT2D eigenvalue weighted by atomic mass is 35.5. The molecule has 2 aromatic rings. The second-order valence-electron chi connectivity index (χ2n) is 4.42. The smallest absolute Gasteiger partial charge is 0.155 e. The standard InChI is InChI=1S/C12H16ClN3/c1-7(2)12-15-11(13)10-5-4-9(8(3)14)6-16(10)12/h4-8H,14H2,1-3H3. The van der Waals surface area contributed by atoms with Crippen molar-refractivity contribution < 1.29 is 0 Å². The molecule has 2 heterocycles. The van der Waals surface area contributed by atoms with Gasteiger partial charge in [-0.1, -0.05) is 31.5 Å². The first-order valence-electron chi connectivity index (χ1n) is 5.43. The molecule has 0 amide bonds. The molecule has 0 saturated carbocycles. The van der Waals surface area contributed by atoms with Crippen molar-refractivity contribution in [1.82, 2.24) is 9.38 Å². The van der Waals surface area contributed by atoms with Crippen molar-refractivity contribution in [3.63, 3.8) is 0 Å². The monoisotopic (exact) mass is 237 g/mol. The van der Waals surface area contributed by atoms with Crippen LogP contribution in [0.1, 0.15) is 44.1 Å². The first-order valence-corrected chi connectivity index (χ1v) is 5.81. The lowest BCUT2D eigenvalue weighted by Gasteiger charge is -2.09. The van der Waals surface area contributed by atoms with E-state index < -0.39 is 0 Å². The summed E-state index contributed by atoms with van der Waals surface area (Å²) in [5.74, 6) is 1.31. The Balaban J connectivity index is 2.69. The van der Waals surface area contributed by atoms with E-state index in [1.165, 1.54) is 0 Å². The van der Waals surface area contributed by atoms with E-state index in [0.29, 0.717) is 11.1 Å². The predicted octanol–water partition coefficient (Wildman–Crippen LogP) is 3.13. The molecule has 16 heavy (non-hydrogen) atoms. The third kappa shape index (κ3) is 1.81. The number of rotatable bonds is 2. The summed E-state index contributed by atoms with van der Waals surface area (Å²) in [5.41, 5.74) is 7.90. The Morgan fingerprint density at radius 3 is 2.56 bits per heavy atom. The highest BCUT2D eigenvalue weighted by Gasteiger charge is 2.13. The van der Waals surface area contributed by atoms with Gasteiger partial charge in [0.15, 0.2) is 5.15 Å². The molecule has 0 spiro atoms. The molecule has 2 N–H and O–H groups in total. The second kappa shape index (κ2) is 4.07. The van der Waals surface area contributed by atoms with Crippen LogP contribution in [0.5, 0.6) is 0 Å². The predicted molar refractivity (Wildman–Crippen MR) is 66.9 cm³/mol. The fraction of sp³-hybridized carbons (Fsp3) is 0.417. The van der Waals surface area contributed by atoms with Crippen LogP contribution in [0, 0.1) is 0 Å². The molecule has 3 nitrogen and oxygen atoms in total. The molecule has 4 heteroatoms. The quantitative estimate of drug-likeness (QED) is 0.872. The number of aromatic nitrogens is 2. The minimum atomic E-state index is 0.0191. The number of halogens is 1. The molecule has 0 aliphatic heterocycles. The fourth-order valence-corrected chi connectivity index (χ4v) is 2.00. The zero-order chi connectivity index (χ0) is 11.9. The number of hydrogen-bond donors (Lipinski definition) is 1. The summed E-state index contributed by atoms with van der Waals surface area (Å²) < 4.78 is 2.03. The zero-order valence-electron chi connectivity index (χ0n) is 9.74. The van der Waals surface area contributed by atoms with Gasteiger partial charge in [-0.25, -0.2) is 4.98 Å². The summed E-state index contributed by atoms with van der Waals surface area (Å²) in [4.78, 5) is 4.38. The van der Waals surface area contributed by atoms with Gasteiger partial charge in [0.05, 0.1) is 5.52 Å². The van der Waals surface area contributed by atoms with Crippen LogP contribution in [-0.4, -0.2) is 9.38 Å². The zero-order valence-corrected chi connectivity index (χ0v) is 10.5. The van der Waals surface area contributed by atoms with Gasteiger partial charge in [-0.15, -0.1) is 0 Å². The molecule has 0 radical (unpaired) electrons. The van der Waals surface area contributed by atoms with Gasteiger partial charge in [0.1, 0.15) is 5.82 Å². The Morgan fingerprint density at radius 1 is 1.31 bits per heavy atom. The van der Waals surface area contributed by atoms with E-state index >= 15 is 0 Å². The molecule has 2 aromatic heterocycles. The van der Waals surface area contributed by atoms with Gasteiger partial charge in [0, 0.05) is 18.2 Å². The topological polar surface area (TPSA) is 43.3 Å². The Morgan fingerprint density at radius 2 is 2.00 bits per heavy atom. The number of imidazole rings is 1. The molecule has 0 saturated heterocycles. The average molecular weight is 238 g/mol. The molecule has 1 atom stereocenters. The van der Waals surface area contributed by atoms with Gasteiger partial charge in [-0.05, 0) is 18.6 Å². The molecule has 2 rings (SSSR count). The fourth-order valence-electron chi connectivity index (χ4n) is 1.76. The molecular formula is C12H16ClN3. The van der Waals surface area contributed by atoms with Gasteiger partial charge in [0.25, 0.3) is 0 Å². The number of hydrogen-bond acceptors (Lipinski definition) is 2. The summed E-state index contributed by atoms with van der Waals surface area (Å²) in [5, 5.41) is 0.555. The van der Waals surface area contributed by atoms with Crippen molar-refractivity contribution in [2.24, 2.45) is 5.73 Å². The highest BCUT2D eigenvalue weighted by molar-refractivity contribution is 6.32. The first kappa shape index (κ1) is 11.4. The average Bonchev–Trinajstić information content (AvgIpc) is 2.56. The van der Waals surface area contributed by atoms with E-state index in [9.17, 15) is 0 Å². The third-order valence-electron chi connectivity index (χ3n) is 2.68. The van der Waals surface area contributed by atoms with Crippen molar-refractivity contribution in [2.75, 3.05) is 0 Å². The molecule has 0 aliphatic carbocycles. The molecule has 1 unspecified atom stereocenters. The summed E-state index contributed by atoms with van der Waals surface area (Å²) in [6.45, 7) is 6.17. The molecule has 0 aliphatic rings. The normalized spacial score (nSPS) is 13.6. The van der Waals surface area contributed by atoms with E-state index in [2.05, 4.69) is 18.8 Å². The van der Waals surface area contributed by atoms with Crippen molar-refractivity contribution >= 4 is 17.1 Å². The third-order valence-corrected chi connectivity index (χ3v) is 2.96. The maximum Gasteiger partial charge on any atom is 0.155 e. The minimum absolute atomic E-state index is 0.0191. The van der Waals surface area contributed by atoms with Crippen LogP contribution in [0.2, 0.25) is 5.15 Å². The lowest BCUT2D eigenvalue weighted by molar-refractivity contribution is 0.756. The Bertz CT molecular complexity index is 514. The Kier molecular flexibility index (Phi) is 2.91. The van der Waals surface area contributed by atoms with Gasteiger partial charge in [0.2, 0.25) is 0 Å². The number of pyridine rings is 1. The van der Waals surface area contributed by atoms with E-state index in [4.69, 9.17) is 17.3 Å². The lowest BCUT2D eigenvalue weighted by atomic mass is 10.1. The summed E-state index contributed by atoms with van der Waals surface area (Å²) in [6.07, 6.45) is 2.02. The van der Waals surface area contributed by atoms with Crippen LogP contribution in [0.25, 0.3) is 5.52 Å². The molecule has 0 aromatic carbocycles. The van der Waals surface area contributed by atoms with Crippen LogP contribution >= 0.6 is 11.6 Å². The SMILES string of the molecule is CC(C)c1nc(Cl)c2ccc(C(C)N)cn12. The Hall–Kier alpha value is -1.06. The van der Waals surface area contributed by atoms with Gasteiger partial charge in [-0.3, -0.25) is 0 Å². The van der Waals surface area contributed by atoms with E-state index in [1.54, 1.807) is 0 Å². The van der Waals surface area contributed by atoms with Crippen LogP contribution in [-0.2, 0) is 0 Å². The first-order chi connectivity index (χ1) is 7.50. The maximum atomic E-state index is 6.09. The lowest BCUT2D eigenvalue weighted by Crippen LogP contribution is -2.07. The highest BCUT2D eigenvalue weighted by Crippen LogP contribution is 2.24.